The van der Waals surface area contributed by atoms with E-state index in [-0.39, 0.29) is 18.5 Å². The minimum atomic E-state index is -0.453. The van der Waals surface area contributed by atoms with E-state index in [9.17, 15) is 14.3 Å². The second-order valence-electron chi connectivity index (χ2n) is 4.12. The Morgan fingerprint density at radius 3 is 2.94 bits per heavy atom. The van der Waals surface area contributed by atoms with Gasteiger partial charge in [0.05, 0.1) is 12.6 Å². The number of benzene rings is 1. The van der Waals surface area contributed by atoms with E-state index >= 15 is 0 Å². The van der Waals surface area contributed by atoms with Gasteiger partial charge in [0.25, 0.3) is 0 Å². The molecule has 92 valence electrons. The zero-order chi connectivity index (χ0) is 12.4. The number of ether oxygens (including phenoxy) is 1. The van der Waals surface area contributed by atoms with Gasteiger partial charge in [0, 0.05) is 13.5 Å². The highest BCUT2D eigenvalue weighted by Gasteiger charge is 2.38. The molecule has 1 N–H and O–H groups in total. The van der Waals surface area contributed by atoms with Gasteiger partial charge in [0.15, 0.2) is 0 Å². The van der Waals surface area contributed by atoms with Crippen LogP contribution in [-0.2, 0) is 11.2 Å². The van der Waals surface area contributed by atoms with Gasteiger partial charge in [-0.05, 0) is 17.7 Å². The molecule has 0 saturated carbocycles. The van der Waals surface area contributed by atoms with Gasteiger partial charge >= 0.3 is 6.09 Å². The molecule has 2 unspecified atom stereocenters. The Labute approximate surface area is 98.6 Å². The Bertz CT molecular complexity index is 424. The highest BCUT2D eigenvalue weighted by molar-refractivity contribution is 5.70. The number of hydrogen-bond donors (Lipinski definition) is 1. The lowest BCUT2D eigenvalue weighted by Gasteiger charge is -2.18. The van der Waals surface area contributed by atoms with Crippen LogP contribution in [0.2, 0.25) is 0 Å². The Kier molecular flexibility index (Phi) is 3.28. The summed E-state index contributed by atoms with van der Waals surface area (Å²) in [5, 5.41) is 9.21. The molecule has 5 heteroatoms. The van der Waals surface area contributed by atoms with Crippen molar-refractivity contribution in [3.63, 3.8) is 0 Å². The molecule has 0 aromatic heterocycles. The lowest BCUT2D eigenvalue weighted by atomic mass is 10.0. The largest absolute Gasteiger partial charge is 0.443 e. The highest BCUT2D eigenvalue weighted by atomic mass is 19.1. The Hall–Kier alpha value is -1.62. The predicted molar refractivity (Wildman–Crippen MR) is 59.0 cm³/mol. The molecule has 0 radical (unpaired) electrons. The molecule has 1 aromatic rings. The van der Waals surface area contributed by atoms with Gasteiger partial charge in [-0.3, -0.25) is 0 Å². The minimum Gasteiger partial charge on any atom is -0.443 e. The fourth-order valence-electron chi connectivity index (χ4n) is 1.99. The zero-order valence-electron chi connectivity index (χ0n) is 9.47. The van der Waals surface area contributed by atoms with E-state index in [2.05, 4.69) is 0 Å². The highest BCUT2D eigenvalue weighted by Crippen LogP contribution is 2.21. The maximum absolute atomic E-state index is 13.0. The summed E-state index contributed by atoms with van der Waals surface area (Å²) in [6.07, 6.45) is -0.483. The van der Waals surface area contributed by atoms with Crippen LogP contribution in [0.5, 0.6) is 0 Å². The van der Waals surface area contributed by atoms with Gasteiger partial charge in [0.1, 0.15) is 11.9 Å². The number of likely N-dealkylation sites (N-methyl/N-ethyl adjacent to an activating group) is 1. The predicted octanol–water partition coefficient (Wildman–Crippen LogP) is 1.18. The fraction of sp³-hybridized carbons (Fsp3) is 0.417. The van der Waals surface area contributed by atoms with Crippen LogP contribution in [0, 0.1) is 5.82 Å². The molecule has 2 atom stereocenters. The lowest BCUT2D eigenvalue weighted by molar-refractivity contribution is 0.118. The van der Waals surface area contributed by atoms with E-state index in [4.69, 9.17) is 4.74 Å². The third kappa shape index (κ3) is 2.39. The van der Waals surface area contributed by atoms with Crippen molar-refractivity contribution in [2.45, 2.75) is 18.6 Å². The van der Waals surface area contributed by atoms with Gasteiger partial charge in [0.2, 0.25) is 0 Å². The normalized spacial score (nSPS) is 23.9. The SMILES string of the molecule is CN1C(=O)OC(Cc2cccc(F)c2)C1CO. The van der Waals surface area contributed by atoms with Crippen molar-refractivity contribution in [2.24, 2.45) is 0 Å². The van der Waals surface area contributed by atoms with Crippen molar-refractivity contribution in [3.05, 3.63) is 35.6 Å². The number of aliphatic hydroxyl groups excluding tert-OH is 1. The Morgan fingerprint density at radius 1 is 1.53 bits per heavy atom. The molecule has 0 spiro atoms. The first kappa shape index (κ1) is 11.9. The molecular formula is C12H14FNO3. The van der Waals surface area contributed by atoms with E-state index in [1.54, 1.807) is 19.2 Å². The third-order valence-electron chi connectivity index (χ3n) is 2.98. The average Bonchev–Trinajstić information content (AvgIpc) is 2.54. The number of carbonyl (C=O) groups excluding carboxylic acids is 1. The van der Waals surface area contributed by atoms with Crippen molar-refractivity contribution < 1.29 is 19.0 Å². The summed E-state index contributed by atoms with van der Waals surface area (Å²) in [6.45, 7) is -0.164. The smallest absolute Gasteiger partial charge is 0.410 e. The van der Waals surface area contributed by atoms with Gasteiger partial charge < -0.3 is 14.7 Å². The zero-order valence-corrected chi connectivity index (χ0v) is 9.47. The second-order valence-corrected chi connectivity index (χ2v) is 4.12. The van der Waals surface area contributed by atoms with Crippen LogP contribution >= 0.6 is 0 Å². The van der Waals surface area contributed by atoms with Crippen molar-refractivity contribution in [2.75, 3.05) is 13.7 Å². The molecule has 1 heterocycles. The number of aliphatic hydroxyl groups is 1. The summed E-state index contributed by atoms with van der Waals surface area (Å²) in [4.78, 5) is 12.7. The van der Waals surface area contributed by atoms with Gasteiger partial charge in [-0.2, -0.15) is 0 Å². The van der Waals surface area contributed by atoms with Crippen molar-refractivity contribution in [1.29, 1.82) is 0 Å². The van der Waals surface area contributed by atoms with Crippen molar-refractivity contribution in [1.82, 2.24) is 4.90 Å². The molecule has 1 fully saturated rings. The van der Waals surface area contributed by atoms with E-state index in [1.165, 1.54) is 17.0 Å². The number of cyclic esters (lactones) is 1. The molecule has 1 aliphatic rings. The van der Waals surface area contributed by atoms with E-state index in [0.29, 0.717) is 6.42 Å². The maximum atomic E-state index is 13.0. The van der Waals surface area contributed by atoms with Crippen LogP contribution in [0.3, 0.4) is 0 Å². The van der Waals surface area contributed by atoms with Crippen molar-refractivity contribution >= 4 is 6.09 Å². The first-order valence-electron chi connectivity index (χ1n) is 5.40. The monoisotopic (exact) mass is 239 g/mol. The summed E-state index contributed by atoms with van der Waals surface area (Å²) in [5.41, 5.74) is 0.747. The quantitative estimate of drug-likeness (QED) is 0.861. The molecular weight excluding hydrogens is 225 g/mol. The van der Waals surface area contributed by atoms with Gasteiger partial charge in [-0.15, -0.1) is 0 Å². The number of carbonyl (C=O) groups is 1. The average molecular weight is 239 g/mol. The first-order valence-corrected chi connectivity index (χ1v) is 5.40. The fourth-order valence-corrected chi connectivity index (χ4v) is 1.99. The number of rotatable bonds is 3. The number of halogens is 1. The molecule has 0 bridgehead atoms. The molecule has 1 saturated heterocycles. The van der Waals surface area contributed by atoms with Crippen LogP contribution in [0.25, 0.3) is 0 Å². The van der Waals surface area contributed by atoms with E-state index in [0.717, 1.165) is 5.56 Å². The summed E-state index contributed by atoms with van der Waals surface area (Å²) in [6, 6.07) is 5.77. The molecule has 17 heavy (non-hydrogen) atoms. The van der Waals surface area contributed by atoms with Crippen LogP contribution in [0.1, 0.15) is 5.56 Å². The van der Waals surface area contributed by atoms with E-state index < -0.39 is 12.2 Å². The summed E-state index contributed by atoms with van der Waals surface area (Å²) >= 11 is 0. The molecule has 1 amide bonds. The minimum absolute atomic E-state index is 0.164. The molecule has 2 rings (SSSR count). The van der Waals surface area contributed by atoms with E-state index in [1.807, 2.05) is 0 Å². The molecule has 0 aliphatic carbocycles. The van der Waals surface area contributed by atoms with Gasteiger partial charge in [-0.25, -0.2) is 9.18 Å². The summed E-state index contributed by atoms with van der Waals surface area (Å²) < 4.78 is 18.1. The number of hydrogen-bond acceptors (Lipinski definition) is 3. The number of amides is 1. The maximum Gasteiger partial charge on any atom is 0.410 e. The van der Waals surface area contributed by atoms with Crippen molar-refractivity contribution in [3.8, 4) is 0 Å². The lowest BCUT2D eigenvalue weighted by Crippen LogP contribution is -2.37. The standard InChI is InChI=1S/C12H14FNO3/c1-14-10(7-15)11(17-12(14)16)6-8-3-2-4-9(13)5-8/h2-5,10-11,15H,6-7H2,1H3. The second kappa shape index (κ2) is 4.71. The molecule has 1 aliphatic heterocycles. The topological polar surface area (TPSA) is 49.8 Å². The van der Waals surface area contributed by atoms with Crippen LogP contribution in [0.4, 0.5) is 9.18 Å². The summed E-state index contributed by atoms with van der Waals surface area (Å²) in [7, 11) is 1.58. The van der Waals surface area contributed by atoms with Crippen LogP contribution < -0.4 is 0 Å². The molecule has 1 aromatic carbocycles. The molecule has 4 nitrogen and oxygen atoms in total. The third-order valence-corrected chi connectivity index (χ3v) is 2.98. The Morgan fingerprint density at radius 2 is 2.29 bits per heavy atom. The first-order chi connectivity index (χ1) is 8.11. The Balaban J connectivity index is 2.11. The number of nitrogens with zero attached hydrogens (tertiary/aromatic N) is 1. The van der Waals surface area contributed by atoms with Crippen LogP contribution in [-0.4, -0.2) is 41.9 Å². The van der Waals surface area contributed by atoms with Gasteiger partial charge in [-0.1, -0.05) is 12.1 Å². The van der Waals surface area contributed by atoms with Crippen LogP contribution in [0.15, 0.2) is 24.3 Å². The summed E-state index contributed by atoms with van der Waals surface area (Å²) in [5.74, 6) is -0.319.